The van der Waals surface area contributed by atoms with Crippen molar-refractivity contribution in [3.8, 4) is 5.75 Å². The Morgan fingerprint density at radius 1 is 1.44 bits per heavy atom. The number of ether oxygens (including phenoxy) is 1. The van der Waals surface area contributed by atoms with Crippen LogP contribution in [0.25, 0.3) is 0 Å². The third-order valence-electron chi connectivity index (χ3n) is 3.31. The molecular weight excluding hydrogens is 226 g/mol. The lowest BCUT2D eigenvalue weighted by Gasteiger charge is -2.14. The summed E-state index contributed by atoms with van der Waals surface area (Å²) in [5.41, 5.74) is 2.44. The van der Waals surface area contributed by atoms with Crippen LogP contribution >= 0.6 is 0 Å². The summed E-state index contributed by atoms with van der Waals surface area (Å²) in [4.78, 5) is 4.26. The van der Waals surface area contributed by atoms with Crippen molar-refractivity contribution < 1.29 is 4.74 Å². The molecule has 4 heteroatoms. The lowest BCUT2D eigenvalue weighted by Crippen LogP contribution is -2.19. The monoisotopic (exact) mass is 243 g/mol. The van der Waals surface area contributed by atoms with E-state index in [1.807, 2.05) is 24.7 Å². The van der Waals surface area contributed by atoms with Crippen molar-refractivity contribution in [3.63, 3.8) is 0 Å². The third kappa shape index (κ3) is 1.88. The van der Waals surface area contributed by atoms with Crippen LogP contribution < -0.4 is 10.1 Å². The van der Waals surface area contributed by atoms with Gasteiger partial charge in [0.25, 0.3) is 0 Å². The molecule has 0 fully saturated rings. The molecule has 1 aromatic heterocycles. The standard InChI is InChI=1S/C14H17N3O/c1-2-15-7-11-8-16-10-17(11)13-9-18-14-6-4-3-5-12(13)14/h3-6,8,10,13,15H,2,7,9H2,1H3. The normalized spacial score (nSPS) is 17.5. The van der Waals surface area contributed by atoms with Gasteiger partial charge >= 0.3 is 0 Å². The van der Waals surface area contributed by atoms with E-state index in [2.05, 4.69) is 33.9 Å². The summed E-state index contributed by atoms with van der Waals surface area (Å²) in [6, 6.07) is 8.47. The van der Waals surface area contributed by atoms with Gasteiger partial charge in [-0.05, 0) is 12.6 Å². The van der Waals surface area contributed by atoms with E-state index in [1.165, 1.54) is 11.3 Å². The van der Waals surface area contributed by atoms with E-state index in [0.717, 1.165) is 18.8 Å². The van der Waals surface area contributed by atoms with Crippen LogP contribution in [-0.4, -0.2) is 22.7 Å². The second-order valence-corrected chi connectivity index (χ2v) is 4.44. The number of hydrogen-bond acceptors (Lipinski definition) is 3. The molecule has 94 valence electrons. The second kappa shape index (κ2) is 4.82. The summed E-state index contributed by atoms with van der Waals surface area (Å²) in [5.74, 6) is 0.991. The van der Waals surface area contributed by atoms with Gasteiger partial charge in [0.2, 0.25) is 0 Å². The number of fused-ring (bicyclic) bond motifs is 1. The number of nitrogens with zero attached hydrogens (tertiary/aromatic N) is 2. The molecule has 2 heterocycles. The predicted octanol–water partition coefficient (Wildman–Crippen LogP) is 1.97. The highest BCUT2D eigenvalue weighted by molar-refractivity contribution is 5.40. The van der Waals surface area contributed by atoms with Crippen LogP contribution in [0.4, 0.5) is 0 Å². The quantitative estimate of drug-likeness (QED) is 0.892. The lowest BCUT2D eigenvalue weighted by atomic mass is 10.1. The van der Waals surface area contributed by atoms with Crippen molar-refractivity contribution in [1.82, 2.24) is 14.9 Å². The van der Waals surface area contributed by atoms with Crippen LogP contribution in [0.1, 0.15) is 24.2 Å². The SMILES string of the molecule is CCNCc1cncn1C1COc2ccccc21. The van der Waals surface area contributed by atoms with Gasteiger partial charge in [-0.1, -0.05) is 25.1 Å². The van der Waals surface area contributed by atoms with E-state index >= 15 is 0 Å². The molecule has 2 aromatic rings. The van der Waals surface area contributed by atoms with Crippen molar-refractivity contribution in [3.05, 3.63) is 48.0 Å². The highest BCUT2D eigenvalue weighted by atomic mass is 16.5. The molecule has 0 aliphatic carbocycles. The molecule has 0 spiro atoms. The maximum atomic E-state index is 5.73. The van der Waals surface area contributed by atoms with E-state index in [0.29, 0.717) is 6.61 Å². The van der Waals surface area contributed by atoms with E-state index < -0.39 is 0 Å². The molecule has 1 aliphatic heterocycles. The second-order valence-electron chi connectivity index (χ2n) is 4.44. The first kappa shape index (κ1) is 11.3. The Balaban J connectivity index is 1.90. The molecule has 0 saturated carbocycles. The van der Waals surface area contributed by atoms with Gasteiger partial charge in [-0.2, -0.15) is 0 Å². The topological polar surface area (TPSA) is 39.1 Å². The van der Waals surface area contributed by atoms with Gasteiger partial charge in [0.05, 0.1) is 18.1 Å². The van der Waals surface area contributed by atoms with Gasteiger partial charge < -0.3 is 14.6 Å². The fourth-order valence-corrected chi connectivity index (χ4v) is 2.38. The zero-order valence-electron chi connectivity index (χ0n) is 10.5. The smallest absolute Gasteiger partial charge is 0.124 e. The molecule has 18 heavy (non-hydrogen) atoms. The molecule has 0 radical (unpaired) electrons. The number of imidazole rings is 1. The van der Waals surface area contributed by atoms with Crippen molar-refractivity contribution in [2.75, 3.05) is 13.2 Å². The highest BCUT2D eigenvalue weighted by Crippen LogP contribution is 2.34. The van der Waals surface area contributed by atoms with E-state index in [-0.39, 0.29) is 6.04 Å². The molecule has 1 unspecified atom stereocenters. The first-order valence-corrected chi connectivity index (χ1v) is 6.33. The van der Waals surface area contributed by atoms with Crippen LogP contribution in [0.15, 0.2) is 36.8 Å². The summed E-state index contributed by atoms with van der Waals surface area (Å²) in [6.07, 6.45) is 3.81. The van der Waals surface area contributed by atoms with Crippen molar-refractivity contribution in [2.24, 2.45) is 0 Å². The molecule has 1 atom stereocenters. The van der Waals surface area contributed by atoms with Gasteiger partial charge in [-0.3, -0.25) is 0 Å². The Morgan fingerprint density at radius 2 is 2.33 bits per heavy atom. The maximum absolute atomic E-state index is 5.73. The molecule has 3 rings (SSSR count). The molecule has 1 aromatic carbocycles. The summed E-state index contributed by atoms with van der Waals surface area (Å²) in [7, 11) is 0. The zero-order chi connectivity index (χ0) is 12.4. The Labute approximate surface area is 107 Å². The highest BCUT2D eigenvalue weighted by Gasteiger charge is 2.26. The van der Waals surface area contributed by atoms with E-state index in [9.17, 15) is 0 Å². The molecular formula is C14H17N3O. The van der Waals surface area contributed by atoms with Gasteiger partial charge in [-0.25, -0.2) is 4.98 Å². The van der Waals surface area contributed by atoms with Gasteiger partial charge in [-0.15, -0.1) is 0 Å². The minimum atomic E-state index is 0.248. The minimum absolute atomic E-state index is 0.248. The third-order valence-corrected chi connectivity index (χ3v) is 3.31. The molecule has 0 amide bonds. The van der Waals surface area contributed by atoms with E-state index in [4.69, 9.17) is 4.74 Å². The van der Waals surface area contributed by atoms with Gasteiger partial charge in [0.1, 0.15) is 12.4 Å². The number of aromatic nitrogens is 2. The number of hydrogen-bond donors (Lipinski definition) is 1. The number of para-hydroxylation sites is 1. The van der Waals surface area contributed by atoms with Crippen LogP contribution in [-0.2, 0) is 6.54 Å². The first-order chi connectivity index (χ1) is 8.90. The maximum Gasteiger partial charge on any atom is 0.124 e. The Kier molecular flexibility index (Phi) is 3.02. The van der Waals surface area contributed by atoms with Crippen molar-refractivity contribution >= 4 is 0 Å². The van der Waals surface area contributed by atoms with Crippen molar-refractivity contribution in [1.29, 1.82) is 0 Å². The lowest BCUT2D eigenvalue weighted by molar-refractivity contribution is 0.314. The van der Waals surface area contributed by atoms with Crippen molar-refractivity contribution in [2.45, 2.75) is 19.5 Å². The zero-order valence-corrected chi connectivity index (χ0v) is 10.5. The predicted molar refractivity (Wildman–Crippen MR) is 69.7 cm³/mol. The summed E-state index contributed by atoms with van der Waals surface area (Å²) in [6.45, 7) is 4.60. The van der Waals surface area contributed by atoms with E-state index in [1.54, 1.807) is 0 Å². The summed E-state index contributed by atoms with van der Waals surface area (Å²) in [5, 5.41) is 3.34. The van der Waals surface area contributed by atoms with Gasteiger partial charge in [0, 0.05) is 18.3 Å². The average Bonchev–Trinajstić information content (AvgIpc) is 3.02. The fourth-order valence-electron chi connectivity index (χ4n) is 2.38. The average molecular weight is 243 g/mol. The molecule has 4 nitrogen and oxygen atoms in total. The van der Waals surface area contributed by atoms with Crippen LogP contribution in [0.2, 0.25) is 0 Å². The fraction of sp³-hybridized carbons (Fsp3) is 0.357. The minimum Gasteiger partial charge on any atom is -0.491 e. The van der Waals surface area contributed by atoms with Gasteiger partial charge in [0.15, 0.2) is 0 Å². The van der Waals surface area contributed by atoms with Crippen LogP contribution in [0.5, 0.6) is 5.75 Å². The summed E-state index contributed by atoms with van der Waals surface area (Å²) < 4.78 is 7.93. The Bertz CT molecular complexity index is 535. The number of rotatable bonds is 4. The Hall–Kier alpha value is -1.81. The number of nitrogens with one attached hydrogen (secondary N) is 1. The van der Waals surface area contributed by atoms with Crippen LogP contribution in [0, 0.1) is 0 Å². The van der Waals surface area contributed by atoms with Crippen LogP contribution in [0.3, 0.4) is 0 Å². The number of benzene rings is 1. The molecule has 1 aliphatic rings. The first-order valence-electron chi connectivity index (χ1n) is 6.33. The largest absolute Gasteiger partial charge is 0.491 e. The summed E-state index contributed by atoms with van der Waals surface area (Å²) >= 11 is 0. The molecule has 1 N–H and O–H groups in total. The molecule has 0 saturated heterocycles. The molecule has 0 bridgehead atoms. The Morgan fingerprint density at radius 3 is 3.22 bits per heavy atom.